The minimum Gasteiger partial charge on any atom is -0.307 e. The average molecular weight is 196 g/mol. The molecular weight excluding hydrogens is 184 g/mol. The van der Waals surface area contributed by atoms with Crippen molar-refractivity contribution in [3.05, 3.63) is 16.1 Å². The maximum absolute atomic E-state index is 5.37. The summed E-state index contributed by atoms with van der Waals surface area (Å²) in [5, 5.41) is 3.00. The third-order valence-corrected chi connectivity index (χ3v) is 2.63. The lowest BCUT2D eigenvalue weighted by molar-refractivity contribution is 0.963. The Morgan fingerprint density at radius 3 is 3.00 bits per heavy atom. The maximum atomic E-state index is 5.37. The van der Waals surface area contributed by atoms with E-state index in [0.29, 0.717) is 11.9 Å². The van der Waals surface area contributed by atoms with Gasteiger partial charge in [0.25, 0.3) is 0 Å². The number of aromatic nitrogens is 1. The summed E-state index contributed by atoms with van der Waals surface area (Å²) < 4.78 is 0. The van der Waals surface area contributed by atoms with Crippen LogP contribution >= 0.6 is 11.3 Å². The highest BCUT2D eigenvalue weighted by Gasteiger charge is 2.21. The molecule has 13 heavy (non-hydrogen) atoms. The first-order valence-corrected chi connectivity index (χ1v) is 5.14. The molecule has 3 N–H and O–H groups in total. The lowest BCUT2D eigenvalue weighted by atomic mass is 10.4. The van der Waals surface area contributed by atoms with Gasteiger partial charge in [0.2, 0.25) is 0 Å². The number of amidine groups is 1. The van der Waals surface area contributed by atoms with E-state index in [0.717, 1.165) is 10.7 Å². The van der Waals surface area contributed by atoms with Gasteiger partial charge in [-0.2, -0.15) is 0 Å². The Balaban J connectivity index is 2.20. The predicted octanol–water partition coefficient (Wildman–Crippen LogP) is 0.824. The molecule has 0 bridgehead atoms. The number of hydrogen-bond acceptors (Lipinski definition) is 4. The smallest absolute Gasteiger partial charge is 0.162 e. The van der Waals surface area contributed by atoms with Crippen molar-refractivity contribution in [3.8, 4) is 0 Å². The summed E-state index contributed by atoms with van der Waals surface area (Å²) >= 11 is 1.61. The van der Waals surface area contributed by atoms with Gasteiger partial charge in [-0.05, 0) is 19.8 Å². The second kappa shape index (κ2) is 3.43. The van der Waals surface area contributed by atoms with Gasteiger partial charge in [-0.25, -0.2) is 10.8 Å². The first-order chi connectivity index (χ1) is 6.29. The molecule has 0 saturated heterocycles. The van der Waals surface area contributed by atoms with Gasteiger partial charge in [0.05, 0.1) is 11.0 Å². The number of nitrogens with two attached hydrogens (primary N) is 1. The Morgan fingerprint density at radius 1 is 1.77 bits per heavy atom. The molecule has 1 aliphatic carbocycles. The Kier molecular flexibility index (Phi) is 2.28. The first-order valence-electron chi connectivity index (χ1n) is 4.26. The zero-order chi connectivity index (χ0) is 9.26. The molecule has 0 unspecified atom stereocenters. The fourth-order valence-corrected chi connectivity index (χ4v) is 1.63. The predicted molar refractivity (Wildman–Crippen MR) is 53.7 cm³/mol. The van der Waals surface area contributed by atoms with Gasteiger partial charge in [0.15, 0.2) is 5.84 Å². The lowest BCUT2D eigenvalue weighted by Gasteiger charge is -2.00. The fourth-order valence-electron chi connectivity index (χ4n) is 1.04. The molecule has 1 fully saturated rings. The molecule has 1 aromatic heterocycles. The van der Waals surface area contributed by atoms with E-state index in [4.69, 9.17) is 5.84 Å². The number of rotatable bonds is 2. The summed E-state index contributed by atoms with van der Waals surface area (Å²) in [7, 11) is 0. The SMILES string of the molecule is Cc1nc(C(=NC2CC2)NN)cs1. The Labute approximate surface area is 80.9 Å². The third-order valence-electron chi connectivity index (χ3n) is 1.86. The minimum atomic E-state index is 0.466. The van der Waals surface area contributed by atoms with E-state index in [1.807, 2.05) is 12.3 Å². The van der Waals surface area contributed by atoms with Crippen molar-refractivity contribution in [3.63, 3.8) is 0 Å². The van der Waals surface area contributed by atoms with E-state index in [9.17, 15) is 0 Å². The first kappa shape index (κ1) is 8.65. The molecule has 1 aliphatic rings. The molecule has 0 spiro atoms. The number of thiazole rings is 1. The molecule has 1 heterocycles. The summed E-state index contributed by atoms with van der Waals surface area (Å²) in [5.74, 6) is 6.09. The van der Waals surface area contributed by atoms with Gasteiger partial charge >= 0.3 is 0 Å². The average Bonchev–Trinajstić information content (AvgIpc) is 2.84. The number of hydrazine groups is 1. The number of aliphatic imine (C=N–C) groups is 1. The normalized spacial score (nSPS) is 17.5. The molecule has 4 nitrogen and oxygen atoms in total. The summed E-state index contributed by atoms with van der Waals surface area (Å²) in [4.78, 5) is 8.72. The number of nitrogens with zero attached hydrogens (tertiary/aromatic N) is 2. The van der Waals surface area contributed by atoms with Crippen LogP contribution in [0.2, 0.25) is 0 Å². The van der Waals surface area contributed by atoms with Crippen molar-refractivity contribution in [1.29, 1.82) is 0 Å². The van der Waals surface area contributed by atoms with Crippen molar-refractivity contribution in [2.24, 2.45) is 10.8 Å². The zero-order valence-electron chi connectivity index (χ0n) is 7.45. The van der Waals surface area contributed by atoms with Crippen LogP contribution in [0.5, 0.6) is 0 Å². The molecule has 2 rings (SSSR count). The summed E-state index contributed by atoms with van der Waals surface area (Å²) in [6.07, 6.45) is 2.35. The minimum absolute atomic E-state index is 0.466. The van der Waals surface area contributed by atoms with Crippen LogP contribution < -0.4 is 11.3 Å². The highest BCUT2D eigenvalue weighted by molar-refractivity contribution is 7.09. The second-order valence-corrected chi connectivity index (χ2v) is 4.17. The van der Waals surface area contributed by atoms with Gasteiger partial charge in [0, 0.05) is 5.38 Å². The molecule has 0 aliphatic heterocycles. The van der Waals surface area contributed by atoms with Crippen LogP contribution in [0, 0.1) is 6.92 Å². The van der Waals surface area contributed by atoms with Crippen molar-refractivity contribution in [2.45, 2.75) is 25.8 Å². The summed E-state index contributed by atoms with van der Waals surface area (Å²) in [6.45, 7) is 1.97. The van der Waals surface area contributed by atoms with Gasteiger partial charge in [-0.1, -0.05) is 0 Å². The van der Waals surface area contributed by atoms with E-state index in [-0.39, 0.29) is 0 Å². The van der Waals surface area contributed by atoms with Crippen LogP contribution in [-0.4, -0.2) is 16.9 Å². The summed E-state index contributed by atoms with van der Waals surface area (Å²) in [5.41, 5.74) is 3.46. The topological polar surface area (TPSA) is 63.3 Å². The third kappa shape index (κ3) is 2.05. The van der Waals surface area contributed by atoms with Crippen LogP contribution in [0.1, 0.15) is 23.5 Å². The zero-order valence-corrected chi connectivity index (χ0v) is 8.27. The second-order valence-electron chi connectivity index (χ2n) is 3.10. The molecule has 5 heteroatoms. The van der Waals surface area contributed by atoms with Crippen LogP contribution in [0.3, 0.4) is 0 Å². The molecule has 70 valence electrons. The van der Waals surface area contributed by atoms with Gasteiger partial charge in [-0.15, -0.1) is 11.3 Å². The van der Waals surface area contributed by atoms with Crippen LogP contribution in [0.15, 0.2) is 10.4 Å². The molecule has 1 saturated carbocycles. The van der Waals surface area contributed by atoms with E-state index in [1.54, 1.807) is 11.3 Å². The fraction of sp³-hybridized carbons (Fsp3) is 0.500. The van der Waals surface area contributed by atoms with E-state index in [2.05, 4.69) is 15.4 Å². The van der Waals surface area contributed by atoms with E-state index < -0.39 is 0 Å². The Morgan fingerprint density at radius 2 is 2.54 bits per heavy atom. The monoisotopic (exact) mass is 196 g/mol. The van der Waals surface area contributed by atoms with Crippen molar-refractivity contribution in [2.75, 3.05) is 0 Å². The Bertz CT molecular complexity index is 327. The quantitative estimate of drug-likeness (QED) is 0.318. The number of hydrogen-bond donors (Lipinski definition) is 2. The molecule has 1 aromatic rings. The van der Waals surface area contributed by atoms with E-state index in [1.165, 1.54) is 12.8 Å². The largest absolute Gasteiger partial charge is 0.307 e. The Hall–Kier alpha value is -0.940. The molecule has 0 amide bonds. The van der Waals surface area contributed by atoms with E-state index >= 15 is 0 Å². The van der Waals surface area contributed by atoms with Crippen molar-refractivity contribution >= 4 is 17.2 Å². The number of nitrogens with one attached hydrogen (secondary N) is 1. The highest BCUT2D eigenvalue weighted by Crippen LogP contribution is 2.24. The van der Waals surface area contributed by atoms with Gasteiger partial charge < -0.3 is 5.43 Å². The molecule has 0 radical (unpaired) electrons. The van der Waals surface area contributed by atoms with Crippen LogP contribution in [-0.2, 0) is 0 Å². The molecule has 0 atom stereocenters. The van der Waals surface area contributed by atoms with Crippen molar-refractivity contribution in [1.82, 2.24) is 10.4 Å². The van der Waals surface area contributed by atoms with Crippen molar-refractivity contribution < 1.29 is 0 Å². The van der Waals surface area contributed by atoms with Gasteiger partial charge in [-0.3, -0.25) is 4.99 Å². The standard InChI is InChI=1S/C8H12N4S/c1-5-10-7(4-13-5)8(12-9)11-6-2-3-6/h4,6H,2-3,9H2,1H3,(H,11,12). The number of aryl methyl sites for hydroxylation is 1. The molecular formula is C8H12N4S. The summed E-state index contributed by atoms with van der Waals surface area (Å²) in [6, 6.07) is 0.466. The maximum Gasteiger partial charge on any atom is 0.162 e. The molecule has 0 aromatic carbocycles. The van der Waals surface area contributed by atoms with Crippen LogP contribution in [0.4, 0.5) is 0 Å². The van der Waals surface area contributed by atoms with Gasteiger partial charge in [0.1, 0.15) is 5.69 Å². The lowest BCUT2D eigenvalue weighted by Crippen LogP contribution is -2.31. The van der Waals surface area contributed by atoms with Crippen LogP contribution in [0.25, 0.3) is 0 Å². The highest BCUT2D eigenvalue weighted by atomic mass is 32.1.